The van der Waals surface area contributed by atoms with Crippen LogP contribution in [0.25, 0.3) is 0 Å². The van der Waals surface area contributed by atoms with Crippen molar-refractivity contribution in [2.24, 2.45) is 5.92 Å². The average Bonchev–Trinajstić information content (AvgIpc) is 2.96. The minimum absolute atomic E-state index is 0.0492. The molecule has 1 saturated carbocycles. The summed E-state index contributed by atoms with van der Waals surface area (Å²) in [5.74, 6) is 0.170. The second-order valence-corrected chi connectivity index (χ2v) is 10.8. The third kappa shape index (κ3) is 5.61. The molecular formula is C26H38FN3O3. The van der Waals surface area contributed by atoms with Gasteiger partial charge in [-0.2, -0.15) is 0 Å². The summed E-state index contributed by atoms with van der Waals surface area (Å²) in [6, 6.07) is 4.73. The number of halogens is 1. The summed E-state index contributed by atoms with van der Waals surface area (Å²) in [5.41, 5.74) is 1.84. The van der Waals surface area contributed by atoms with Crippen molar-refractivity contribution in [1.82, 2.24) is 10.2 Å². The summed E-state index contributed by atoms with van der Waals surface area (Å²) in [6.07, 6.45) is 6.25. The smallest absolute Gasteiger partial charge is 0.408 e. The van der Waals surface area contributed by atoms with Gasteiger partial charge in [-0.1, -0.05) is 46.0 Å². The SMILES string of the molecule is C[C@@H](CN1CC(C)(C)c2cc(F)ccc21)NC(=O)OC(CC1CCCCC1)C(=O)N1CCC1. The Bertz CT molecular complexity index is 864. The lowest BCUT2D eigenvalue weighted by Crippen LogP contribution is -2.50. The number of hydrogen-bond donors (Lipinski definition) is 1. The molecule has 2 atom stereocenters. The summed E-state index contributed by atoms with van der Waals surface area (Å²) in [5, 5.41) is 2.93. The number of nitrogens with one attached hydrogen (secondary N) is 1. The molecule has 2 fully saturated rings. The summed E-state index contributed by atoms with van der Waals surface area (Å²) in [7, 11) is 0. The molecule has 182 valence electrons. The van der Waals surface area contributed by atoms with Crippen molar-refractivity contribution in [3.8, 4) is 0 Å². The number of likely N-dealkylation sites (tertiary alicyclic amines) is 1. The normalized spacial score (nSPS) is 21.7. The second kappa shape index (κ2) is 9.90. The molecule has 0 spiro atoms. The molecule has 2 heterocycles. The van der Waals surface area contributed by atoms with Gasteiger partial charge in [-0.25, -0.2) is 9.18 Å². The number of anilines is 1. The summed E-state index contributed by atoms with van der Waals surface area (Å²) < 4.78 is 19.5. The molecule has 1 unspecified atom stereocenters. The van der Waals surface area contributed by atoms with E-state index in [2.05, 4.69) is 24.1 Å². The molecule has 3 aliphatic rings. The number of amides is 2. The van der Waals surface area contributed by atoms with Crippen molar-refractivity contribution in [2.45, 2.75) is 83.3 Å². The largest absolute Gasteiger partial charge is 0.436 e. The minimum Gasteiger partial charge on any atom is -0.436 e. The van der Waals surface area contributed by atoms with E-state index in [4.69, 9.17) is 4.74 Å². The Labute approximate surface area is 196 Å². The van der Waals surface area contributed by atoms with E-state index in [1.54, 1.807) is 11.0 Å². The Morgan fingerprint density at radius 2 is 1.91 bits per heavy atom. The van der Waals surface area contributed by atoms with Gasteiger partial charge in [0.15, 0.2) is 6.10 Å². The topological polar surface area (TPSA) is 61.9 Å². The van der Waals surface area contributed by atoms with Gasteiger partial charge in [-0.05, 0) is 49.4 Å². The molecule has 1 N–H and O–H groups in total. The zero-order valence-electron chi connectivity index (χ0n) is 20.2. The Balaban J connectivity index is 1.34. The number of alkyl carbamates (subject to hydrolysis) is 1. The van der Waals surface area contributed by atoms with E-state index in [0.717, 1.165) is 50.1 Å². The van der Waals surface area contributed by atoms with Crippen molar-refractivity contribution in [3.05, 3.63) is 29.6 Å². The molecule has 1 aromatic carbocycles. The lowest BCUT2D eigenvalue weighted by atomic mass is 9.85. The second-order valence-electron chi connectivity index (χ2n) is 10.8. The minimum atomic E-state index is -0.699. The first-order chi connectivity index (χ1) is 15.7. The van der Waals surface area contributed by atoms with Gasteiger partial charge >= 0.3 is 6.09 Å². The van der Waals surface area contributed by atoms with Gasteiger partial charge in [0.05, 0.1) is 0 Å². The fraction of sp³-hybridized carbons (Fsp3) is 0.692. The molecule has 1 aromatic rings. The predicted octanol–water partition coefficient (Wildman–Crippen LogP) is 4.61. The molecule has 1 aliphatic carbocycles. The first-order valence-corrected chi connectivity index (χ1v) is 12.5. The van der Waals surface area contributed by atoms with Crippen molar-refractivity contribution in [2.75, 3.05) is 31.1 Å². The van der Waals surface area contributed by atoms with E-state index >= 15 is 0 Å². The summed E-state index contributed by atoms with van der Waals surface area (Å²) in [4.78, 5) is 29.7. The van der Waals surface area contributed by atoms with Gasteiger partial charge in [0, 0.05) is 43.3 Å². The number of ether oxygens (including phenoxy) is 1. The number of benzene rings is 1. The first-order valence-electron chi connectivity index (χ1n) is 12.5. The van der Waals surface area contributed by atoms with E-state index in [9.17, 15) is 14.0 Å². The Morgan fingerprint density at radius 1 is 1.18 bits per heavy atom. The zero-order chi connectivity index (χ0) is 23.6. The van der Waals surface area contributed by atoms with Crippen molar-refractivity contribution in [3.63, 3.8) is 0 Å². The monoisotopic (exact) mass is 459 g/mol. The molecule has 0 bridgehead atoms. The van der Waals surface area contributed by atoms with Crippen LogP contribution in [0.2, 0.25) is 0 Å². The Kier molecular flexibility index (Phi) is 7.15. The third-order valence-electron chi connectivity index (χ3n) is 7.44. The molecule has 7 heteroatoms. The maximum atomic E-state index is 13.8. The lowest BCUT2D eigenvalue weighted by Gasteiger charge is -2.35. The van der Waals surface area contributed by atoms with Crippen LogP contribution in [0.3, 0.4) is 0 Å². The standard InChI is InChI=1S/C26H38FN3O3/c1-18(16-30-17-26(2,3)21-15-20(27)10-11-22(21)30)28-25(32)33-23(24(31)29-12-7-13-29)14-19-8-5-4-6-9-19/h10-11,15,18-19,23H,4-9,12-14,16-17H2,1-3H3,(H,28,32)/t18-,23?/m0/s1. The van der Waals surface area contributed by atoms with Gasteiger partial charge in [0.2, 0.25) is 0 Å². The van der Waals surface area contributed by atoms with E-state index in [0.29, 0.717) is 18.9 Å². The van der Waals surface area contributed by atoms with Gasteiger partial charge < -0.3 is 19.9 Å². The van der Waals surface area contributed by atoms with E-state index in [-0.39, 0.29) is 23.2 Å². The van der Waals surface area contributed by atoms with Crippen molar-refractivity contribution in [1.29, 1.82) is 0 Å². The number of rotatable bonds is 7. The summed E-state index contributed by atoms with van der Waals surface area (Å²) >= 11 is 0. The van der Waals surface area contributed by atoms with E-state index < -0.39 is 12.2 Å². The number of hydrogen-bond acceptors (Lipinski definition) is 4. The molecule has 4 rings (SSSR count). The van der Waals surface area contributed by atoms with Crippen LogP contribution in [-0.4, -0.2) is 55.2 Å². The third-order valence-corrected chi connectivity index (χ3v) is 7.44. The van der Waals surface area contributed by atoms with Crippen molar-refractivity contribution < 1.29 is 18.7 Å². The van der Waals surface area contributed by atoms with Crippen LogP contribution in [0.15, 0.2) is 18.2 Å². The zero-order valence-corrected chi connectivity index (χ0v) is 20.2. The summed E-state index contributed by atoms with van der Waals surface area (Å²) in [6.45, 7) is 9.00. The first kappa shape index (κ1) is 23.8. The maximum absolute atomic E-state index is 13.8. The molecule has 6 nitrogen and oxygen atoms in total. The highest BCUT2D eigenvalue weighted by molar-refractivity contribution is 5.84. The highest BCUT2D eigenvalue weighted by atomic mass is 19.1. The number of carbonyl (C=O) groups is 2. The number of nitrogens with zero attached hydrogens (tertiary/aromatic N) is 2. The van der Waals surface area contributed by atoms with Crippen LogP contribution < -0.4 is 10.2 Å². The van der Waals surface area contributed by atoms with Crippen LogP contribution in [0.5, 0.6) is 0 Å². The van der Waals surface area contributed by atoms with Crippen LogP contribution >= 0.6 is 0 Å². The molecular weight excluding hydrogens is 421 g/mol. The van der Waals surface area contributed by atoms with E-state index in [1.807, 2.05) is 13.0 Å². The van der Waals surface area contributed by atoms with Crippen molar-refractivity contribution >= 4 is 17.7 Å². The van der Waals surface area contributed by atoms with E-state index in [1.165, 1.54) is 25.3 Å². The Morgan fingerprint density at radius 3 is 2.58 bits per heavy atom. The van der Waals surface area contributed by atoms with Gasteiger partial charge in [0.25, 0.3) is 5.91 Å². The van der Waals surface area contributed by atoms with Gasteiger partial charge in [0.1, 0.15) is 5.82 Å². The van der Waals surface area contributed by atoms with Crippen LogP contribution in [0.4, 0.5) is 14.9 Å². The molecule has 0 aromatic heterocycles. The molecule has 0 radical (unpaired) electrons. The van der Waals surface area contributed by atoms with Crippen LogP contribution in [0.1, 0.15) is 71.3 Å². The fourth-order valence-corrected chi connectivity index (χ4v) is 5.54. The molecule has 2 aliphatic heterocycles. The average molecular weight is 460 g/mol. The highest BCUT2D eigenvalue weighted by Crippen LogP contribution is 2.40. The maximum Gasteiger partial charge on any atom is 0.408 e. The highest BCUT2D eigenvalue weighted by Gasteiger charge is 2.37. The predicted molar refractivity (Wildman–Crippen MR) is 127 cm³/mol. The molecule has 33 heavy (non-hydrogen) atoms. The van der Waals surface area contributed by atoms with Crippen LogP contribution in [0, 0.1) is 11.7 Å². The lowest BCUT2D eigenvalue weighted by molar-refractivity contribution is -0.145. The van der Waals surface area contributed by atoms with Crippen LogP contribution in [-0.2, 0) is 14.9 Å². The fourth-order valence-electron chi connectivity index (χ4n) is 5.54. The Hall–Kier alpha value is -2.31. The molecule has 2 amide bonds. The molecule has 1 saturated heterocycles. The van der Waals surface area contributed by atoms with Gasteiger partial charge in [-0.3, -0.25) is 4.79 Å². The number of fused-ring (bicyclic) bond motifs is 1. The van der Waals surface area contributed by atoms with Gasteiger partial charge in [-0.15, -0.1) is 0 Å². The quantitative estimate of drug-likeness (QED) is 0.647. The number of carbonyl (C=O) groups excluding carboxylic acids is 2.